The Bertz CT molecular complexity index is 640. The Labute approximate surface area is 147 Å². The molecule has 0 aliphatic rings. The number of rotatable bonds is 9. The predicted molar refractivity (Wildman–Crippen MR) is 98.6 cm³/mol. The minimum Gasteiger partial charge on any atom is -0.383 e. The van der Waals surface area contributed by atoms with Crippen molar-refractivity contribution in [3.63, 3.8) is 0 Å². The standard InChI is InChI=1S/C18H25N3O2S/c1-14-13-24-18(20-14)16-7-5-15(6-8-16)17(22)19-9-4-10-21(2)11-12-23-3/h5-8,13H,4,9-12H2,1-3H3,(H,19,22). The largest absolute Gasteiger partial charge is 0.383 e. The van der Waals surface area contributed by atoms with E-state index in [1.54, 1.807) is 18.4 Å². The van der Waals surface area contributed by atoms with Gasteiger partial charge in [0.05, 0.1) is 6.61 Å². The van der Waals surface area contributed by atoms with Crippen LogP contribution in [0.4, 0.5) is 0 Å². The minimum absolute atomic E-state index is 0.0311. The van der Waals surface area contributed by atoms with Crippen LogP contribution in [0, 0.1) is 6.92 Å². The number of hydrogen-bond donors (Lipinski definition) is 1. The Balaban J connectivity index is 1.76. The van der Waals surface area contributed by atoms with Crippen molar-refractivity contribution in [3.8, 4) is 10.6 Å². The van der Waals surface area contributed by atoms with Gasteiger partial charge in [-0.15, -0.1) is 11.3 Å². The Morgan fingerprint density at radius 1 is 1.29 bits per heavy atom. The van der Waals surface area contributed by atoms with Crippen molar-refractivity contribution >= 4 is 17.2 Å². The number of likely N-dealkylation sites (N-methyl/N-ethyl adjacent to an activating group) is 1. The highest BCUT2D eigenvalue weighted by molar-refractivity contribution is 7.13. The Morgan fingerprint density at radius 3 is 2.67 bits per heavy atom. The number of benzene rings is 1. The molecule has 0 atom stereocenters. The first-order chi connectivity index (χ1) is 11.6. The quantitative estimate of drug-likeness (QED) is 0.709. The fourth-order valence-corrected chi connectivity index (χ4v) is 3.07. The maximum absolute atomic E-state index is 12.2. The highest BCUT2D eigenvalue weighted by atomic mass is 32.1. The number of carbonyl (C=O) groups is 1. The number of ether oxygens (including phenoxy) is 1. The molecule has 2 rings (SSSR count). The molecule has 0 radical (unpaired) electrons. The molecule has 1 N–H and O–H groups in total. The molecule has 1 aromatic heterocycles. The van der Waals surface area contributed by atoms with Gasteiger partial charge in [0, 0.05) is 42.4 Å². The van der Waals surface area contributed by atoms with E-state index in [9.17, 15) is 4.79 Å². The van der Waals surface area contributed by atoms with Crippen LogP contribution in [0.1, 0.15) is 22.5 Å². The lowest BCUT2D eigenvalue weighted by Crippen LogP contribution is -2.29. The van der Waals surface area contributed by atoms with Crippen molar-refractivity contribution in [1.29, 1.82) is 0 Å². The van der Waals surface area contributed by atoms with Crippen LogP contribution in [0.25, 0.3) is 10.6 Å². The molecular formula is C18H25N3O2S. The average Bonchev–Trinajstić information content (AvgIpc) is 3.03. The van der Waals surface area contributed by atoms with Gasteiger partial charge in [-0.1, -0.05) is 12.1 Å². The van der Waals surface area contributed by atoms with Gasteiger partial charge in [-0.2, -0.15) is 0 Å². The molecule has 6 heteroatoms. The molecule has 1 aromatic carbocycles. The summed E-state index contributed by atoms with van der Waals surface area (Å²) < 4.78 is 5.04. The summed E-state index contributed by atoms with van der Waals surface area (Å²) >= 11 is 1.62. The second-order valence-electron chi connectivity index (χ2n) is 5.78. The van der Waals surface area contributed by atoms with E-state index in [-0.39, 0.29) is 5.91 Å². The van der Waals surface area contributed by atoms with Gasteiger partial charge in [-0.05, 0) is 39.1 Å². The minimum atomic E-state index is -0.0311. The van der Waals surface area contributed by atoms with E-state index >= 15 is 0 Å². The Hall–Kier alpha value is -1.76. The van der Waals surface area contributed by atoms with Gasteiger partial charge in [0.15, 0.2) is 0 Å². The molecule has 0 spiro atoms. The molecule has 130 valence electrons. The molecule has 0 saturated carbocycles. The monoisotopic (exact) mass is 347 g/mol. The number of nitrogens with zero attached hydrogens (tertiary/aromatic N) is 2. The molecule has 1 amide bonds. The molecule has 24 heavy (non-hydrogen) atoms. The zero-order valence-electron chi connectivity index (χ0n) is 14.5. The van der Waals surface area contributed by atoms with Crippen molar-refractivity contribution in [2.75, 3.05) is 40.4 Å². The second kappa shape index (κ2) is 9.52. The van der Waals surface area contributed by atoms with Crippen LogP contribution in [0.2, 0.25) is 0 Å². The van der Waals surface area contributed by atoms with Crippen LogP contribution in [0.5, 0.6) is 0 Å². The molecule has 0 saturated heterocycles. The van der Waals surface area contributed by atoms with E-state index < -0.39 is 0 Å². The summed E-state index contributed by atoms with van der Waals surface area (Å²) in [5.41, 5.74) is 2.75. The smallest absolute Gasteiger partial charge is 0.251 e. The van der Waals surface area contributed by atoms with E-state index in [0.29, 0.717) is 12.1 Å². The van der Waals surface area contributed by atoms with Crippen LogP contribution in [-0.2, 0) is 4.74 Å². The molecular weight excluding hydrogens is 322 g/mol. The van der Waals surface area contributed by atoms with Crippen molar-refractivity contribution in [2.45, 2.75) is 13.3 Å². The summed E-state index contributed by atoms with van der Waals surface area (Å²) in [5, 5.41) is 5.98. The van der Waals surface area contributed by atoms with Crippen LogP contribution in [-0.4, -0.2) is 56.2 Å². The van der Waals surface area contributed by atoms with Gasteiger partial charge in [0.25, 0.3) is 5.91 Å². The van der Waals surface area contributed by atoms with Gasteiger partial charge >= 0.3 is 0 Å². The third-order valence-corrected chi connectivity index (χ3v) is 4.70. The van der Waals surface area contributed by atoms with Gasteiger partial charge in [-0.25, -0.2) is 4.98 Å². The Kier molecular flexibility index (Phi) is 7.36. The zero-order valence-corrected chi connectivity index (χ0v) is 15.4. The van der Waals surface area contributed by atoms with E-state index in [2.05, 4.69) is 22.2 Å². The van der Waals surface area contributed by atoms with Crippen LogP contribution < -0.4 is 5.32 Å². The van der Waals surface area contributed by atoms with E-state index in [4.69, 9.17) is 4.74 Å². The van der Waals surface area contributed by atoms with E-state index in [0.717, 1.165) is 42.4 Å². The molecule has 0 fully saturated rings. The van der Waals surface area contributed by atoms with Crippen molar-refractivity contribution in [2.24, 2.45) is 0 Å². The fraction of sp³-hybridized carbons (Fsp3) is 0.444. The molecule has 2 aromatic rings. The zero-order chi connectivity index (χ0) is 17.4. The third kappa shape index (κ3) is 5.70. The SMILES string of the molecule is COCCN(C)CCCNC(=O)c1ccc(-c2nc(C)cs2)cc1. The van der Waals surface area contributed by atoms with Crippen LogP contribution >= 0.6 is 11.3 Å². The number of methoxy groups -OCH3 is 1. The summed E-state index contributed by atoms with van der Waals surface area (Å²) in [6, 6.07) is 7.61. The molecule has 0 bridgehead atoms. The predicted octanol–water partition coefficient (Wildman–Crippen LogP) is 2.82. The van der Waals surface area contributed by atoms with Gasteiger partial charge < -0.3 is 15.0 Å². The first-order valence-electron chi connectivity index (χ1n) is 8.08. The van der Waals surface area contributed by atoms with Gasteiger partial charge in [-0.3, -0.25) is 4.79 Å². The number of aromatic nitrogens is 1. The van der Waals surface area contributed by atoms with Crippen molar-refractivity contribution in [1.82, 2.24) is 15.2 Å². The van der Waals surface area contributed by atoms with Crippen molar-refractivity contribution in [3.05, 3.63) is 40.9 Å². The topological polar surface area (TPSA) is 54.5 Å². The highest BCUT2D eigenvalue weighted by Crippen LogP contribution is 2.23. The summed E-state index contributed by atoms with van der Waals surface area (Å²) in [5.74, 6) is -0.0311. The first kappa shape index (κ1) is 18.6. The van der Waals surface area contributed by atoms with Gasteiger partial charge in [0.2, 0.25) is 0 Å². The fourth-order valence-electron chi connectivity index (χ4n) is 2.26. The number of amides is 1. The maximum atomic E-state index is 12.2. The lowest BCUT2D eigenvalue weighted by atomic mass is 10.1. The molecule has 1 heterocycles. The summed E-state index contributed by atoms with van der Waals surface area (Å²) in [4.78, 5) is 18.8. The lowest BCUT2D eigenvalue weighted by molar-refractivity contribution is 0.0951. The lowest BCUT2D eigenvalue weighted by Gasteiger charge is -2.15. The average molecular weight is 347 g/mol. The Morgan fingerprint density at radius 2 is 2.04 bits per heavy atom. The van der Waals surface area contributed by atoms with Crippen LogP contribution in [0.15, 0.2) is 29.6 Å². The first-order valence-corrected chi connectivity index (χ1v) is 8.96. The number of hydrogen-bond acceptors (Lipinski definition) is 5. The number of carbonyl (C=O) groups excluding carboxylic acids is 1. The highest BCUT2D eigenvalue weighted by Gasteiger charge is 2.07. The third-order valence-electron chi connectivity index (χ3n) is 3.69. The number of nitrogens with one attached hydrogen (secondary N) is 1. The normalized spacial score (nSPS) is 11.0. The summed E-state index contributed by atoms with van der Waals surface area (Å²) in [6.45, 7) is 5.22. The molecule has 5 nitrogen and oxygen atoms in total. The van der Waals surface area contributed by atoms with E-state index in [1.165, 1.54) is 0 Å². The number of aryl methyl sites for hydroxylation is 1. The van der Waals surface area contributed by atoms with Crippen molar-refractivity contribution < 1.29 is 9.53 Å². The summed E-state index contributed by atoms with van der Waals surface area (Å²) in [7, 11) is 3.76. The van der Waals surface area contributed by atoms with E-state index in [1.807, 2.05) is 36.6 Å². The van der Waals surface area contributed by atoms with Crippen LogP contribution in [0.3, 0.4) is 0 Å². The molecule has 0 aliphatic carbocycles. The molecule has 0 aliphatic heterocycles. The van der Waals surface area contributed by atoms with Gasteiger partial charge in [0.1, 0.15) is 5.01 Å². The second-order valence-corrected chi connectivity index (χ2v) is 6.64. The maximum Gasteiger partial charge on any atom is 0.251 e. The summed E-state index contributed by atoms with van der Waals surface area (Å²) in [6.07, 6.45) is 0.919. The molecule has 0 unspecified atom stereocenters. The number of thiazole rings is 1.